The zero-order valence-corrected chi connectivity index (χ0v) is 8.04. The molecule has 2 unspecified atom stereocenters. The van der Waals surface area contributed by atoms with Crippen LogP contribution in [0.5, 0.6) is 0 Å². The summed E-state index contributed by atoms with van der Waals surface area (Å²) in [6.45, 7) is 1.80. The minimum atomic E-state index is -0.983. The maximum Gasteiger partial charge on any atom is 0.332 e. The van der Waals surface area contributed by atoms with Crippen molar-refractivity contribution < 1.29 is 14.7 Å². The molecule has 14 heavy (non-hydrogen) atoms. The summed E-state index contributed by atoms with van der Waals surface area (Å²) in [5, 5.41) is 9.05. The average molecular weight is 195 g/mol. The van der Waals surface area contributed by atoms with Gasteiger partial charge in [0.25, 0.3) is 0 Å². The second-order valence-corrected chi connectivity index (χ2v) is 4.25. The van der Waals surface area contributed by atoms with E-state index in [0.717, 1.165) is 12.0 Å². The summed E-state index contributed by atoms with van der Waals surface area (Å²) >= 11 is 0. The molecule has 0 aromatic heterocycles. The molecule has 2 rings (SSSR count). The van der Waals surface area contributed by atoms with Gasteiger partial charge in [0.2, 0.25) is 5.91 Å². The number of primary amides is 1. The van der Waals surface area contributed by atoms with Crippen molar-refractivity contribution in [2.24, 2.45) is 17.1 Å². The fraction of sp³-hybridized carbons (Fsp3) is 0.600. The normalized spacial score (nSPS) is 35.1. The van der Waals surface area contributed by atoms with E-state index in [0.29, 0.717) is 12.8 Å². The molecule has 0 radical (unpaired) electrons. The van der Waals surface area contributed by atoms with Crippen molar-refractivity contribution in [3.05, 3.63) is 11.1 Å². The van der Waals surface area contributed by atoms with Gasteiger partial charge in [-0.3, -0.25) is 4.79 Å². The summed E-state index contributed by atoms with van der Waals surface area (Å²) < 4.78 is 0. The van der Waals surface area contributed by atoms with E-state index in [1.807, 2.05) is 0 Å². The van der Waals surface area contributed by atoms with Gasteiger partial charge in [-0.25, -0.2) is 4.79 Å². The number of amides is 1. The molecule has 0 aromatic rings. The summed E-state index contributed by atoms with van der Waals surface area (Å²) in [5.41, 5.74) is 5.58. The van der Waals surface area contributed by atoms with E-state index >= 15 is 0 Å². The van der Waals surface area contributed by atoms with Crippen LogP contribution in [0.1, 0.15) is 26.2 Å². The summed E-state index contributed by atoms with van der Waals surface area (Å²) in [5.74, 6) is -1.20. The highest BCUT2D eigenvalue weighted by atomic mass is 16.4. The molecule has 0 heterocycles. The summed E-state index contributed by atoms with van der Waals surface area (Å²) in [6, 6.07) is 0. The Morgan fingerprint density at radius 3 is 2.64 bits per heavy atom. The van der Waals surface area contributed by atoms with Crippen LogP contribution in [0.4, 0.5) is 0 Å². The lowest BCUT2D eigenvalue weighted by molar-refractivity contribution is -0.137. The SMILES string of the molecule is CC1=C(C(=O)O)C2(C(N)=O)CCC1C2. The Balaban J connectivity index is 2.54. The topological polar surface area (TPSA) is 80.4 Å². The average Bonchev–Trinajstić information content (AvgIpc) is 2.59. The Morgan fingerprint density at radius 1 is 1.57 bits per heavy atom. The molecule has 76 valence electrons. The highest BCUT2D eigenvalue weighted by molar-refractivity contribution is 6.00. The molecule has 0 aromatic carbocycles. The van der Waals surface area contributed by atoms with Crippen LogP contribution >= 0.6 is 0 Å². The van der Waals surface area contributed by atoms with Crippen molar-refractivity contribution in [3.63, 3.8) is 0 Å². The number of nitrogens with two attached hydrogens (primary N) is 1. The number of rotatable bonds is 2. The van der Waals surface area contributed by atoms with E-state index < -0.39 is 17.3 Å². The van der Waals surface area contributed by atoms with Crippen LogP contribution in [0.25, 0.3) is 0 Å². The molecule has 1 saturated carbocycles. The van der Waals surface area contributed by atoms with Gasteiger partial charge in [0, 0.05) is 0 Å². The van der Waals surface area contributed by atoms with Gasteiger partial charge >= 0.3 is 5.97 Å². The maximum atomic E-state index is 11.4. The lowest BCUT2D eigenvalue weighted by atomic mass is 9.78. The molecular weight excluding hydrogens is 182 g/mol. The number of carboxylic acid groups (broad SMARTS) is 1. The number of allylic oxidation sites excluding steroid dienone is 1. The molecule has 2 aliphatic carbocycles. The summed E-state index contributed by atoms with van der Waals surface area (Å²) in [7, 11) is 0. The van der Waals surface area contributed by atoms with Crippen molar-refractivity contribution >= 4 is 11.9 Å². The van der Waals surface area contributed by atoms with E-state index in [9.17, 15) is 9.59 Å². The van der Waals surface area contributed by atoms with Crippen molar-refractivity contribution in [1.29, 1.82) is 0 Å². The highest BCUT2D eigenvalue weighted by Crippen LogP contribution is 2.57. The number of hydrogen-bond acceptors (Lipinski definition) is 2. The van der Waals surface area contributed by atoms with E-state index in [1.54, 1.807) is 6.92 Å². The first kappa shape index (κ1) is 9.24. The second kappa shape index (κ2) is 2.59. The third-order valence-electron chi connectivity index (χ3n) is 3.69. The third kappa shape index (κ3) is 0.882. The Morgan fingerprint density at radius 2 is 2.21 bits per heavy atom. The standard InChI is InChI=1S/C10H13NO3/c1-5-6-2-3-10(4-6,9(11)14)7(5)8(12)13/h6H,2-4H2,1H3,(H2,11,14)(H,12,13). The quantitative estimate of drug-likeness (QED) is 0.679. The predicted octanol–water partition coefficient (Wildman–Crippen LogP) is 0.673. The van der Waals surface area contributed by atoms with Gasteiger partial charge in [-0.15, -0.1) is 0 Å². The third-order valence-corrected chi connectivity index (χ3v) is 3.69. The zero-order chi connectivity index (χ0) is 10.5. The molecule has 4 heteroatoms. The van der Waals surface area contributed by atoms with Crippen molar-refractivity contribution in [3.8, 4) is 0 Å². The van der Waals surface area contributed by atoms with Crippen LogP contribution in [0.3, 0.4) is 0 Å². The Hall–Kier alpha value is -1.32. The lowest BCUT2D eigenvalue weighted by Gasteiger charge is -2.24. The molecular formula is C10H13NO3. The van der Waals surface area contributed by atoms with Crippen LogP contribution in [0.15, 0.2) is 11.1 Å². The number of hydrogen-bond donors (Lipinski definition) is 2. The molecule has 2 bridgehead atoms. The first-order valence-electron chi connectivity index (χ1n) is 4.73. The van der Waals surface area contributed by atoms with E-state index in [4.69, 9.17) is 10.8 Å². The molecule has 0 aliphatic heterocycles. The fourth-order valence-electron chi connectivity index (χ4n) is 2.94. The smallest absolute Gasteiger partial charge is 0.332 e. The fourth-order valence-corrected chi connectivity index (χ4v) is 2.94. The van der Waals surface area contributed by atoms with Crippen LogP contribution < -0.4 is 5.73 Å². The first-order chi connectivity index (χ1) is 6.49. The van der Waals surface area contributed by atoms with Crippen molar-refractivity contribution in [1.82, 2.24) is 0 Å². The minimum absolute atomic E-state index is 0.258. The van der Waals surface area contributed by atoms with Crippen LogP contribution in [0.2, 0.25) is 0 Å². The number of fused-ring (bicyclic) bond motifs is 2. The van der Waals surface area contributed by atoms with Gasteiger partial charge in [-0.2, -0.15) is 0 Å². The van der Waals surface area contributed by atoms with E-state index in [2.05, 4.69) is 0 Å². The van der Waals surface area contributed by atoms with Gasteiger partial charge in [0.1, 0.15) is 0 Å². The molecule has 1 amide bonds. The van der Waals surface area contributed by atoms with Gasteiger partial charge in [-0.05, 0) is 32.1 Å². The Bertz CT molecular complexity index is 358. The number of carbonyl (C=O) groups excluding carboxylic acids is 1. The predicted molar refractivity (Wildman–Crippen MR) is 49.3 cm³/mol. The molecule has 0 saturated heterocycles. The lowest BCUT2D eigenvalue weighted by Crippen LogP contribution is -2.38. The molecule has 4 nitrogen and oxygen atoms in total. The second-order valence-electron chi connectivity index (χ2n) is 4.25. The number of carboxylic acids is 1. The number of carbonyl (C=O) groups is 2. The van der Waals surface area contributed by atoms with E-state index in [-0.39, 0.29) is 11.5 Å². The Labute approximate surface area is 81.8 Å². The first-order valence-corrected chi connectivity index (χ1v) is 4.73. The summed E-state index contributed by atoms with van der Waals surface area (Å²) in [6.07, 6.45) is 2.10. The molecule has 1 fully saturated rings. The van der Waals surface area contributed by atoms with Gasteiger partial charge < -0.3 is 10.8 Å². The van der Waals surface area contributed by atoms with Crippen molar-refractivity contribution in [2.45, 2.75) is 26.2 Å². The molecule has 0 spiro atoms. The van der Waals surface area contributed by atoms with Gasteiger partial charge in [0.05, 0.1) is 11.0 Å². The van der Waals surface area contributed by atoms with Crippen LogP contribution in [0, 0.1) is 11.3 Å². The summed E-state index contributed by atoms with van der Waals surface area (Å²) in [4.78, 5) is 22.4. The van der Waals surface area contributed by atoms with Crippen molar-refractivity contribution in [2.75, 3.05) is 0 Å². The zero-order valence-electron chi connectivity index (χ0n) is 8.04. The highest BCUT2D eigenvalue weighted by Gasteiger charge is 2.55. The largest absolute Gasteiger partial charge is 0.478 e. The minimum Gasteiger partial charge on any atom is -0.478 e. The van der Waals surface area contributed by atoms with Gasteiger partial charge in [0.15, 0.2) is 0 Å². The van der Waals surface area contributed by atoms with E-state index in [1.165, 1.54) is 0 Å². The van der Waals surface area contributed by atoms with Crippen LogP contribution in [-0.4, -0.2) is 17.0 Å². The maximum absolute atomic E-state index is 11.4. The molecule has 2 aliphatic rings. The van der Waals surface area contributed by atoms with Gasteiger partial charge in [-0.1, -0.05) is 5.57 Å². The van der Waals surface area contributed by atoms with Crippen LogP contribution in [-0.2, 0) is 9.59 Å². The monoisotopic (exact) mass is 195 g/mol. The molecule has 2 atom stereocenters. The number of aliphatic carboxylic acids is 1. The molecule has 3 N–H and O–H groups in total. The Kier molecular flexibility index (Phi) is 1.71.